The van der Waals surface area contributed by atoms with E-state index in [0.717, 1.165) is 5.56 Å². The molecule has 1 aliphatic carbocycles. The molecule has 1 saturated carbocycles. The van der Waals surface area contributed by atoms with E-state index in [1.165, 1.54) is 43.0 Å². The molecular formula is C16H19NO. The molecule has 3 rings (SSSR count). The third kappa shape index (κ3) is 1.96. The van der Waals surface area contributed by atoms with Crippen molar-refractivity contribution >= 4 is 16.7 Å². The lowest BCUT2D eigenvalue weighted by Crippen LogP contribution is -2.11. The van der Waals surface area contributed by atoms with E-state index in [-0.39, 0.29) is 5.78 Å². The minimum absolute atomic E-state index is 0.141. The fourth-order valence-electron chi connectivity index (χ4n) is 3.06. The van der Waals surface area contributed by atoms with Gasteiger partial charge in [-0.15, -0.1) is 0 Å². The van der Waals surface area contributed by atoms with Crippen LogP contribution in [0.5, 0.6) is 0 Å². The van der Waals surface area contributed by atoms with Crippen LogP contribution in [0.2, 0.25) is 0 Å². The van der Waals surface area contributed by atoms with Gasteiger partial charge in [0.2, 0.25) is 0 Å². The Morgan fingerprint density at radius 3 is 2.67 bits per heavy atom. The molecule has 0 amide bonds. The van der Waals surface area contributed by atoms with Crippen molar-refractivity contribution in [2.24, 2.45) is 0 Å². The van der Waals surface area contributed by atoms with E-state index in [2.05, 4.69) is 22.9 Å². The van der Waals surface area contributed by atoms with E-state index >= 15 is 0 Å². The van der Waals surface area contributed by atoms with E-state index in [1.807, 2.05) is 12.1 Å². The fourth-order valence-corrected chi connectivity index (χ4v) is 3.06. The maximum Gasteiger partial charge on any atom is 0.159 e. The molecule has 0 atom stereocenters. The zero-order valence-electron chi connectivity index (χ0n) is 10.9. The summed E-state index contributed by atoms with van der Waals surface area (Å²) in [5, 5.41) is 1.19. The number of aromatic nitrogens is 1. The third-order valence-electron chi connectivity index (χ3n) is 4.10. The predicted molar refractivity (Wildman–Crippen MR) is 74.1 cm³/mol. The van der Waals surface area contributed by atoms with Gasteiger partial charge in [-0.3, -0.25) is 4.79 Å². The molecule has 1 aromatic heterocycles. The highest BCUT2D eigenvalue weighted by atomic mass is 16.1. The van der Waals surface area contributed by atoms with E-state index in [0.29, 0.717) is 6.04 Å². The zero-order chi connectivity index (χ0) is 12.5. The van der Waals surface area contributed by atoms with Crippen molar-refractivity contribution in [3.8, 4) is 0 Å². The highest BCUT2D eigenvalue weighted by molar-refractivity contribution is 5.98. The summed E-state index contributed by atoms with van der Waals surface area (Å²) < 4.78 is 2.40. The number of fused-ring (bicyclic) bond motifs is 1. The van der Waals surface area contributed by atoms with Crippen molar-refractivity contribution in [3.63, 3.8) is 0 Å². The minimum atomic E-state index is 0.141. The standard InChI is InChI=1S/C16H19NO/c1-12(18)13-7-8-16-14(11-13)9-10-17(16)15-5-3-2-4-6-15/h7-11,15H,2-6H2,1H3. The number of benzene rings is 1. The number of carbonyl (C=O) groups excluding carboxylic acids is 1. The Bertz CT molecular complexity index is 576. The van der Waals surface area contributed by atoms with Gasteiger partial charge >= 0.3 is 0 Å². The van der Waals surface area contributed by atoms with Crippen LogP contribution < -0.4 is 0 Å². The molecule has 0 aliphatic heterocycles. The van der Waals surface area contributed by atoms with Gasteiger partial charge in [0.25, 0.3) is 0 Å². The van der Waals surface area contributed by atoms with E-state index in [9.17, 15) is 4.79 Å². The Hall–Kier alpha value is -1.57. The first-order valence-corrected chi connectivity index (χ1v) is 6.87. The molecule has 0 radical (unpaired) electrons. The van der Waals surface area contributed by atoms with Crippen molar-refractivity contribution in [1.82, 2.24) is 4.57 Å². The summed E-state index contributed by atoms with van der Waals surface area (Å²) in [7, 11) is 0. The van der Waals surface area contributed by atoms with Crippen molar-refractivity contribution in [2.45, 2.75) is 45.1 Å². The molecule has 0 spiro atoms. The maximum atomic E-state index is 11.4. The average molecular weight is 241 g/mol. The van der Waals surface area contributed by atoms with E-state index < -0.39 is 0 Å². The molecule has 18 heavy (non-hydrogen) atoms. The monoisotopic (exact) mass is 241 g/mol. The van der Waals surface area contributed by atoms with Gasteiger partial charge < -0.3 is 4.57 Å². The predicted octanol–water partition coefficient (Wildman–Crippen LogP) is 4.35. The number of ketones is 1. The molecule has 0 unspecified atom stereocenters. The van der Waals surface area contributed by atoms with Crippen LogP contribution in [0.15, 0.2) is 30.5 Å². The summed E-state index contributed by atoms with van der Waals surface area (Å²) in [5.41, 5.74) is 2.08. The normalized spacial score (nSPS) is 17.2. The molecule has 2 heteroatoms. The first-order valence-electron chi connectivity index (χ1n) is 6.87. The van der Waals surface area contributed by atoms with Crippen LogP contribution in [-0.4, -0.2) is 10.4 Å². The van der Waals surface area contributed by atoms with Gasteiger partial charge in [0, 0.05) is 28.7 Å². The SMILES string of the molecule is CC(=O)c1ccc2c(ccn2C2CCCCC2)c1. The Labute approximate surface area is 108 Å². The van der Waals surface area contributed by atoms with Crippen LogP contribution in [0.4, 0.5) is 0 Å². The zero-order valence-corrected chi connectivity index (χ0v) is 10.9. The van der Waals surface area contributed by atoms with Gasteiger partial charge in [-0.2, -0.15) is 0 Å². The van der Waals surface area contributed by atoms with Gasteiger partial charge in [-0.25, -0.2) is 0 Å². The smallest absolute Gasteiger partial charge is 0.159 e. The number of rotatable bonds is 2. The molecule has 94 valence electrons. The lowest BCUT2D eigenvalue weighted by molar-refractivity contribution is 0.101. The van der Waals surface area contributed by atoms with Crippen LogP contribution in [0.3, 0.4) is 0 Å². The van der Waals surface area contributed by atoms with Gasteiger partial charge in [-0.05, 0) is 44.0 Å². The Balaban J connectivity index is 2.01. The second kappa shape index (κ2) is 4.60. The summed E-state index contributed by atoms with van der Waals surface area (Å²) in [5.74, 6) is 0.141. The lowest BCUT2D eigenvalue weighted by Gasteiger charge is -2.24. The second-order valence-electron chi connectivity index (χ2n) is 5.34. The first-order chi connectivity index (χ1) is 8.75. The maximum absolute atomic E-state index is 11.4. The van der Waals surface area contributed by atoms with Gasteiger partial charge in [0.15, 0.2) is 5.78 Å². The summed E-state index contributed by atoms with van der Waals surface area (Å²) in [6.07, 6.45) is 8.83. The molecule has 0 N–H and O–H groups in total. The van der Waals surface area contributed by atoms with Crippen molar-refractivity contribution in [3.05, 3.63) is 36.0 Å². The highest BCUT2D eigenvalue weighted by Crippen LogP contribution is 2.31. The quantitative estimate of drug-likeness (QED) is 0.716. The summed E-state index contributed by atoms with van der Waals surface area (Å²) >= 11 is 0. The fraction of sp³-hybridized carbons (Fsp3) is 0.438. The molecule has 1 fully saturated rings. The van der Waals surface area contributed by atoms with Crippen LogP contribution >= 0.6 is 0 Å². The number of nitrogens with zero attached hydrogens (tertiary/aromatic N) is 1. The Morgan fingerprint density at radius 1 is 1.17 bits per heavy atom. The Kier molecular flexibility index (Phi) is 2.94. The minimum Gasteiger partial charge on any atom is -0.344 e. The van der Waals surface area contributed by atoms with Crippen LogP contribution in [0.1, 0.15) is 55.4 Å². The number of Topliss-reactive ketones (excluding diaryl/α,β-unsaturated/α-hetero) is 1. The Morgan fingerprint density at radius 2 is 1.94 bits per heavy atom. The number of hydrogen-bond donors (Lipinski definition) is 0. The summed E-state index contributed by atoms with van der Waals surface area (Å²) in [6.45, 7) is 1.62. The molecule has 2 nitrogen and oxygen atoms in total. The van der Waals surface area contributed by atoms with Crippen molar-refractivity contribution in [1.29, 1.82) is 0 Å². The van der Waals surface area contributed by atoms with Crippen LogP contribution in [-0.2, 0) is 0 Å². The molecule has 0 bridgehead atoms. The molecule has 1 heterocycles. The molecule has 1 aromatic carbocycles. The largest absolute Gasteiger partial charge is 0.344 e. The van der Waals surface area contributed by atoms with Crippen LogP contribution in [0.25, 0.3) is 10.9 Å². The van der Waals surface area contributed by atoms with Crippen molar-refractivity contribution in [2.75, 3.05) is 0 Å². The number of hydrogen-bond acceptors (Lipinski definition) is 1. The van der Waals surface area contributed by atoms with E-state index in [4.69, 9.17) is 0 Å². The second-order valence-corrected chi connectivity index (χ2v) is 5.34. The lowest BCUT2D eigenvalue weighted by atomic mass is 9.95. The molecule has 0 saturated heterocycles. The average Bonchev–Trinajstić information content (AvgIpc) is 2.82. The topological polar surface area (TPSA) is 22.0 Å². The third-order valence-corrected chi connectivity index (χ3v) is 4.10. The van der Waals surface area contributed by atoms with Crippen LogP contribution in [0, 0.1) is 0 Å². The van der Waals surface area contributed by atoms with Gasteiger partial charge in [-0.1, -0.05) is 19.3 Å². The summed E-state index contributed by atoms with van der Waals surface area (Å²) in [4.78, 5) is 11.4. The van der Waals surface area contributed by atoms with Crippen molar-refractivity contribution < 1.29 is 4.79 Å². The van der Waals surface area contributed by atoms with E-state index in [1.54, 1.807) is 6.92 Å². The summed E-state index contributed by atoms with van der Waals surface area (Å²) in [6, 6.07) is 8.84. The molecular weight excluding hydrogens is 222 g/mol. The molecule has 2 aromatic rings. The van der Waals surface area contributed by atoms with Gasteiger partial charge in [0.05, 0.1) is 0 Å². The number of carbonyl (C=O) groups is 1. The first kappa shape index (κ1) is 11.5. The highest BCUT2D eigenvalue weighted by Gasteiger charge is 2.16. The molecule has 1 aliphatic rings. The van der Waals surface area contributed by atoms with Gasteiger partial charge in [0.1, 0.15) is 0 Å².